The number of fused-ring (bicyclic) bond motifs is 2. The van der Waals surface area contributed by atoms with Gasteiger partial charge in [0.25, 0.3) is 0 Å². The van der Waals surface area contributed by atoms with Gasteiger partial charge in [0.1, 0.15) is 18.1 Å². The lowest BCUT2D eigenvalue weighted by molar-refractivity contribution is -0.137. The van der Waals surface area contributed by atoms with E-state index in [1.54, 1.807) is 55.8 Å². The summed E-state index contributed by atoms with van der Waals surface area (Å²) in [6, 6.07) is 19.4. The Labute approximate surface area is 250 Å². The van der Waals surface area contributed by atoms with Crippen LogP contribution in [0.3, 0.4) is 0 Å². The fraction of sp³-hybridized carbons (Fsp3) is 0.212. The average Bonchev–Trinajstić information content (AvgIpc) is 3.72. The molecular weight excluding hydrogens is 581 g/mol. The molecule has 1 heterocycles. The smallest absolute Gasteiger partial charge is 0.417 e. The second kappa shape index (κ2) is 11.1. The van der Waals surface area contributed by atoms with Gasteiger partial charge in [0.2, 0.25) is 0 Å². The number of benzene rings is 4. The molecule has 0 spiro atoms. The average molecular weight is 607 g/mol. The highest BCUT2D eigenvalue weighted by Gasteiger charge is 2.39. The number of Topliss-reactive ketones (excluding diaryl/α,β-unsaturated/α-hetero) is 1. The van der Waals surface area contributed by atoms with Gasteiger partial charge < -0.3 is 19.9 Å². The quantitative estimate of drug-likeness (QED) is 0.170. The Morgan fingerprint density at radius 3 is 2.53 bits per heavy atom. The lowest BCUT2D eigenvalue weighted by Gasteiger charge is -2.16. The predicted octanol–water partition coefficient (Wildman–Crippen LogP) is 8.16. The van der Waals surface area contributed by atoms with E-state index in [0.717, 1.165) is 30.4 Å². The van der Waals surface area contributed by atoms with Crippen molar-refractivity contribution in [3.8, 4) is 23.0 Å². The zero-order valence-corrected chi connectivity index (χ0v) is 23.8. The molecule has 1 aliphatic rings. The van der Waals surface area contributed by atoms with E-state index >= 15 is 0 Å². The van der Waals surface area contributed by atoms with Gasteiger partial charge in [-0.3, -0.25) is 9.78 Å². The Morgan fingerprint density at radius 1 is 0.977 bits per heavy atom. The van der Waals surface area contributed by atoms with Gasteiger partial charge in [-0.25, -0.2) is 0 Å². The van der Waals surface area contributed by atoms with Gasteiger partial charge in [0.15, 0.2) is 17.3 Å². The Kier molecular flexibility index (Phi) is 7.40. The number of hydrogen-bond acceptors (Lipinski definition) is 6. The first-order valence-electron chi connectivity index (χ1n) is 13.5. The summed E-state index contributed by atoms with van der Waals surface area (Å²) in [5.74, 6) is 1.83. The van der Waals surface area contributed by atoms with Crippen LogP contribution in [0.5, 0.6) is 23.0 Å². The number of carbonyl (C=O) groups is 1. The van der Waals surface area contributed by atoms with Crippen LogP contribution < -0.4 is 19.9 Å². The molecule has 6 nitrogen and oxygen atoms in total. The number of ether oxygens (including phenoxy) is 3. The normalized spacial score (nSPS) is 14.1. The molecular formula is C33H26ClF3N2O4. The summed E-state index contributed by atoms with van der Waals surface area (Å²) in [6.07, 6.45) is -1.34. The molecule has 0 aliphatic heterocycles. The van der Waals surface area contributed by atoms with E-state index < -0.39 is 16.8 Å². The molecule has 6 rings (SSSR count). The Bertz CT molecular complexity index is 1870. The zero-order valence-electron chi connectivity index (χ0n) is 23.0. The van der Waals surface area contributed by atoms with Crippen LogP contribution in [0.1, 0.15) is 34.3 Å². The highest BCUT2D eigenvalue weighted by Crippen LogP contribution is 2.40. The van der Waals surface area contributed by atoms with Crippen LogP contribution in [0.2, 0.25) is 5.02 Å². The number of ketones is 1. The van der Waals surface area contributed by atoms with Crippen molar-refractivity contribution < 1.29 is 32.2 Å². The molecule has 5 aromatic rings. The second-order valence-electron chi connectivity index (χ2n) is 10.7. The molecule has 0 atom stereocenters. The monoisotopic (exact) mass is 606 g/mol. The third-order valence-corrected chi connectivity index (χ3v) is 7.80. The van der Waals surface area contributed by atoms with E-state index in [1.165, 1.54) is 6.07 Å². The number of nitrogens with zero attached hydrogens (tertiary/aromatic N) is 1. The molecule has 2 N–H and O–H groups in total. The maximum absolute atomic E-state index is 13.3. The highest BCUT2D eigenvalue weighted by atomic mass is 35.5. The lowest BCUT2D eigenvalue weighted by atomic mass is 9.96. The van der Waals surface area contributed by atoms with Crippen molar-refractivity contribution in [2.24, 2.45) is 5.73 Å². The van der Waals surface area contributed by atoms with Crippen LogP contribution in [0, 0.1) is 0 Å². The molecule has 1 fully saturated rings. The lowest BCUT2D eigenvalue weighted by Crippen LogP contribution is -2.29. The van der Waals surface area contributed by atoms with Crippen LogP contribution in [-0.2, 0) is 12.6 Å². The van der Waals surface area contributed by atoms with Crippen molar-refractivity contribution in [3.63, 3.8) is 0 Å². The van der Waals surface area contributed by atoms with Crippen LogP contribution in [0.25, 0.3) is 21.7 Å². The Morgan fingerprint density at radius 2 is 1.79 bits per heavy atom. The number of alkyl halides is 3. The van der Waals surface area contributed by atoms with E-state index in [2.05, 4.69) is 4.98 Å². The minimum absolute atomic E-state index is 0.208. The van der Waals surface area contributed by atoms with Crippen LogP contribution in [0.4, 0.5) is 13.2 Å². The van der Waals surface area contributed by atoms with E-state index in [9.17, 15) is 18.0 Å². The number of methoxy groups -OCH3 is 1. The first kappa shape index (κ1) is 28.8. The fourth-order valence-corrected chi connectivity index (χ4v) is 5.12. The molecule has 10 heteroatoms. The summed E-state index contributed by atoms with van der Waals surface area (Å²) >= 11 is 5.73. The van der Waals surface area contributed by atoms with Crippen LogP contribution in [-0.4, -0.2) is 30.0 Å². The minimum Gasteiger partial charge on any atom is -0.493 e. The van der Waals surface area contributed by atoms with Crippen molar-refractivity contribution in [3.05, 3.63) is 101 Å². The Hall–Kier alpha value is -4.34. The number of pyridine rings is 1. The van der Waals surface area contributed by atoms with Crippen LogP contribution in [0.15, 0.2) is 79.0 Å². The summed E-state index contributed by atoms with van der Waals surface area (Å²) in [5.41, 5.74) is 6.19. The van der Waals surface area contributed by atoms with Gasteiger partial charge in [0, 0.05) is 29.6 Å². The van der Waals surface area contributed by atoms with Gasteiger partial charge in [-0.2, -0.15) is 13.2 Å². The minimum atomic E-state index is -4.61. The number of halogens is 4. The van der Waals surface area contributed by atoms with Crippen molar-refractivity contribution in [2.45, 2.75) is 31.0 Å². The molecule has 0 saturated heterocycles. The first-order chi connectivity index (χ1) is 20.5. The second-order valence-corrected chi connectivity index (χ2v) is 11.1. The van der Waals surface area contributed by atoms with Crippen molar-refractivity contribution >= 4 is 39.1 Å². The molecule has 1 saturated carbocycles. The summed E-state index contributed by atoms with van der Waals surface area (Å²) in [6.45, 7) is 0.390. The van der Waals surface area contributed by atoms with Gasteiger partial charge in [0.05, 0.1) is 28.8 Å². The summed E-state index contributed by atoms with van der Waals surface area (Å²) in [4.78, 5) is 17.7. The number of carbonyl (C=O) groups excluding carboxylic acids is 1. The predicted molar refractivity (Wildman–Crippen MR) is 158 cm³/mol. The first-order valence-corrected chi connectivity index (χ1v) is 13.9. The van der Waals surface area contributed by atoms with E-state index in [1.807, 2.05) is 12.1 Å². The van der Waals surface area contributed by atoms with E-state index in [4.69, 9.17) is 31.5 Å². The van der Waals surface area contributed by atoms with Gasteiger partial charge in [-0.05, 0) is 71.6 Å². The molecule has 0 unspecified atom stereocenters. The molecule has 0 amide bonds. The number of hydrogen-bond donors (Lipinski definition) is 1. The third kappa shape index (κ3) is 6.09. The molecule has 0 radical (unpaired) electrons. The molecule has 0 bridgehead atoms. The number of aromatic nitrogens is 1. The molecule has 43 heavy (non-hydrogen) atoms. The number of nitrogens with two attached hydrogens (primary N) is 1. The Balaban J connectivity index is 1.26. The SMILES string of the molecule is COc1cc2c(Oc3ccc4c(C(=O)Cc5ccc(Cl)c(C(F)(F)F)c5)cccc4c3)ccnc2cc1OCC1(N)CC1. The van der Waals surface area contributed by atoms with Crippen molar-refractivity contribution in [1.29, 1.82) is 0 Å². The summed E-state index contributed by atoms with van der Waals surface area (Å²) in [5, 5.41) is 1.69. The molecule has 1 aromatic heterocycles. The van der Waals surface area contributed by atoms with E-state index in [0.29, 0.717) is 51.5 Å². The van der Waals surface area contributed by atoms with E-state index in [-0.39, 0.29) is 23.3 Å². The fourth-order valence-electron chi connectivity index (χ4n) is 4.89. The van der Waals surface area contributed by atoms with Crippen molar-refractivity contribution in [1.82, 2.24) is 4.98 Å². The molecule has 1 aliphatic carbocycles. The summed E-state index contributed by atoms with van der Waals surface area (Å²) < 4.78 is 57.7. The standard InChI is InChI=1S/C33H26ClF3N2O4/c1-41-30-16-24-27(17-31(30)42-18-32(38)10-11-32)39-12-9-29(24)43-21-6-7-22-20(15-21)3-2-4-23(22)28(40)14-19-5-8-26(34)25(13-19)33(35,36)37/h2-9,12-13,15-17H,10-11,14,18,38H2,1H3. The van der Waals surface area contributed by atoms with Gasteiger partial charge >= 0.3 is 6.18 Å². The third-order valence-electron chi connectivity index (χ3n) is 7.48. The molecule has 220 valence electrons. The topological polar surface area (TPSA) is 83.7 Å². The maximum atomic E-state index is 13.3. The maximum Gasteiger partial charge on any atom is 0.417 e. The largest absolute Gasteiger partial charge is 0.493 e. The van der Waals surface area contributed by atoms with Gasteiger partial charge in [-0.15, -0.1) is 0 Å². The van der Waals surface area contributed by atoms with Gasteiger partial charge in [-0.1, -0.05) is 35.9 Å². The number of rotatable bonds is 9. The zero-order chi connectivity index (χ0) is 30.4. The highest BCUT2D eigenvalue weighted by molar-refractivity contribution is 6.31. The molecule has 4 aromatic carbocycles. The van der Waals surface area contributed by atoms with Crippen LogP contribution >= 0.6 is 11.6 Å². The van der Waals surface area contributed by atoms with Crippen molar-refractivity contribution in [2.75, 3.05) is 13.7 Å². The summed E-state index contributed by atoms with van der Waals surface area (Å²) in [7, 11) is 1.56.